The van der Waals surface area contributed by atoms with E-state index in [9.17, 15) is 0 Å². The SMILES string of the molecule is CC(C)(C)C(=S)N(C(C)(C)C)C(C)(C)C. The second-order valence-corrected chi connectivity index (χ2v) is 7.62. The summed E-state index contributed by atoms with van der Waals surface area (Å²) in [5, 5.41) is 0. The van der Waals surface area contributed by atoms with Crippen LogP contribution in [0, 0.1) is 5.41 Å². The molecule has 0 heterocycles. The molecule has 0 bridgehead atoms. The first-order valence-corrected chi connectivity index (χ1v) is 6.03. The minimum Gasteiger partial charge on any atom is -0.356 e. The van der Waals surface area contributed by atoms with Crippen molar-refractivity contribution in [3.05, 3.63) is 0 Å². The van der Waals surface area contributed by atoms with Crippen LogP contribution in [-0.4, -0.2) is 21.0 Å². The van der Waals surface area contributed by atoms with Crippen LogP contribution in [0.1, 0.15) is 62.3 Å². The van der Waals surface area contributed by atoms with Crippen LogP contribution in [0.4, 0.5) is 0 Å². The molecule has 0 spiro atoms. The summed E-state index contributed by atoms with van der Waals surface area (Å²) in [5.41, 5.74) is 0.196. The molecule has 0 rings (SSSR count). The maximum absolute atomic E-state index is 5.63. The Bertz CT molecular complexity index is 221. The van der Waals surface area contributed by atoms with Crippen LogP contribution >= 0.6 is 12.2 Å². The molecule has 0 saturated carbocycles. The van der Waals surface area contributed by atoms with Crippen molar-refractivity contribution in [2.75, 3.05) is 0 Å². The van der Waals surface area contributed by atoms with Crippen LogP contribution in [-0.2, 0) is 0 Å². The first kappa shape index (κ1) is 14.9. The summed E-state index contributed by atoms with van der Waals surface area (Å²) in [6.07, 6.45) is 0. The van der Waals surface area contributed by atoms with Gasteiger partial charge in [-0.05, 0) is 41.5 Å². The van der Waals surface area contributed by atoms with Gasteiger partial charge < -0.3 is 4.90 Å². The monoisotopic (exact) mass is 229 g/mol. The molecule has 0 fully saturated rings. The quantitative estimate of drug-likeness (QED) is 0.571. The summed E-state index contributed by atoms with van der Waals surface area (Å²) < 4.78 is 0. The molecule has 0 unspecified atom stereocenters. The number of hydrogen-bond acceptors (Lipinski definition) is 1. The van der Waals surface area contributed by atoms with E-state index in [-0.39, 0.29) is 16.5 Å². The molecular formula is C13H27NS. The Morgan fingerprint density at radius 2 is 1.00 bits per heavy atom. The average Bonchev–Trinajstić information content (AvgIpc) is 1.76. The highest BCUT2D eigenvalue weighted by Crippen LogP contribution is 2.31. The van der Waals surface area contributed by atoms with Gasteiger partial charge >= 0.3 is 0 Å². The fourth-order valence-electron chi connectivity index (χ4n) is 1.95. The number of hydrogen-bond donors (Lipinski definition) is 0. The van der Waals surface area contributed by atoms with Crippen molar-refractivity contribution >= 4 is 17.2 Å². The first-order chi connectivity index (χ1) is 6.28. The van der Waals surface area contributed by atoms with Gasteiger partial charge in [0.2, 0.25) is 0 Å². The summed E-state index contributed by atoms with van der Waals surface area (Å²) in [7, 11) is 0. The van der Waals surface area contributed by atoms with Crippen LogP contribution in [0.3, 0.4) is 0 Å². The average molecular weight is 229 g/mol. The molecule has 0 aromatic heterocycles. The van der Waals surface area contributed by atoms with Crippen molar-refractivity contribution in [1.29, 1.82) is 0 Å². The van der Waals surface area contributed by atoms with Gasteiger partial charge in [-0.1, -0.05) is 33.0 Å². The maximum Gasteiger partial charge on any atom is 0.0842 e. The summed E-state index contributed by atoms with van der Waals surface area (Å²) in [4.78, 5) is 3.40. The molecule has 2 heteroatoms. The first-order valence-electron chi connectivity index (χ1n) is 5.62. The van der Waals surface area contributed by atoms with Gasteiger partial charge in [0.25, 0.3) is 0 Å². The highest BCUT2D eigenvalue weighted by Gasteiger charge is 2.37. The molecule has 0 atom stereocenters. The van der Waals surface area contributed by atoms with Gasteiger partial charge in [0.05, 0.1) is 4.99 Å². The Kier molecular flexibility index (Phi) is 4.01. The third kappa shape index (κ3) is 4.10. The van der Waals surface area contributed by atoms with Gasteiger partial charge in [-0.25, -0.2) is 0 Å². The lowest BCUT2D eigenvalue weighted by atomic mass is 9.88. The second-order valence-electron chi connectivity index (χ2n) is 7.23. The lowest BCUT2D eigenvalue weighted by molar-refractivity contribution is 0.115. The van der Waals surface area contributed by atoms with E-state index in [0.717, 1.165) is 4.99 Å². The molecule has 0 aliphatic heterocycles. The largest absolute Gasteiger partial charge is 0.356 e. The normalized spacial score (nSPS) is 13.9. The Morgan fingerprint density at radius 3 is 1.07 bits per heavy atom. The van der Waals surface area contributed by atoms with Crippen molar-refractivity contribution in [1.82, 2.24) is 4.90 Å². The van der Waals surface area contributed by atoms with Crippen molar-refractivity contribution in [3.8, 4) is 0 Å². The summed E-state index contributed by atoms with van der Waals surface area (Å²) in [6.45, 7) is 19.9. The zero-order valence-corrected chi connectivity index (χ0v) is 12.7. The second kappa shape index (κ2) is 4.04. The van der Waals surface area contributed by atoms with Crippen LogP contribution in [0.2, 0.25) is 0 Å². The van der Waals surface area contributed by atoms with Crippen molar-refractivity contribution in [2.45, 2.75) is 73.4 Å². The summed E-state index contributed by atoms with van der Waals surface area (Å²) in [5.74, 6) is 0. The maximum atomic E-state index is 5.63. The van der Waals surface area contributed by atoms with Gasteiger partial charge in [-0.2, -0.15) is 0 Å². The van der Waals surface area contributed by atoms with E-state index < -0.39 is 0 Å². The van der Waals surface area contributed by atoms with Gasteiger partial charge in [-0.15, -0.1) is 0 Å². The summed E-state index contributed by atoms with van der Waals surface area (Å²) in [6, 6.07) is 0. The van der Waals surface area contributed by atoms with Crippen LogP contribution in [0.25, 0.3) is 0 Å². The van der Waals surface area contributed by atoms with E-state index in [4.69, 9.17) is 12.2 Å². The minimum absolute atomic E-state index is 0.0515. The molecule has 0 aromatic carbocycles. The lowest BCUT2D eigenvalue weighted by Gasteiger charge is -2.50. The summed E-state index contributed by atoms with van der Waals surface area (Å²) >= 11 is 5.63. The van der Waals surface area contributed by atoms with Crippen molar-refractivity contribution < 1.29 is 0 Å². The van der Waals surface area contributed by atoms with Gasteiger partial charge in [0.15, 0.2) is 0 Å². The molecule has 1 nitrogen and oxygen atoms in total. The highest BCUT2D eigenvalue weighted by molar-refractivity contribution is 7.80. The van der Waals surface area contributed by atoms with Gasteiger partial charge in [-0.3, -0.25) is 0 Å². The van der Waals surface area contributed by atoms with E-state index in [0.29, 0.717) is 0 Å². The standard InChI is InChI=1S/C13H27NS/c1-11(2,3)10(15)14(12(4,5)6)13(7,8)9/h1-9H3. The lowest BCUT2D eigenvalue weighted by Crippen LogP contribution is -2.58. The smallest absolute Gasteiger partial charge is 0.0842 e. The van der Waals surface area contributed by atoms with Crippen LogP contribution < -0.4 is 0 Å². The fourth-order valence-corrected chi connectivity index (χ4v) is 2.50. The highest BCUT2D eigenvalue weighted by atomic mass is 32.1. The molecule has 0 radical (unpaired) electrons. The molecule has 0 aromatic rings. The minimum atomic E-state index is 0.0515. The predicted molar refractivity (Wildman–Crippen MR) is 73.4 cm³/mol. The van der Waals surface area contributed by atoms with E-state index in [1.807, 2.05) is 0 Å². The molecule has 0 aliphatic rings. The van der Waals surface area contributed by atoms with Gasteiger partial charge in [0, 0.05) is 16.5 Å². The molecule has 90 valence electrons. The van der Waals surface area contributed by atoms with E-state index in [2.05, 4.69) is 67.2 Å². The third-order valence-electron chi connectivity index (χ3n) is 2.19. The Labute approximate surface area is 101 Å². The molecule has 0 N–H and O–H groups in total. The molecular weight excluding hydrogens is 202 g/mol. The fraction of sp³-hybridized carbons (Fsp3) is 0.923. The topological polar surface area (TPSA) is 3.24 Å². The molecule has 0 aliphatic carbocycles. The number of nitrogens with zero attached hydrogens (tertiary/aromatic N) is 1. The van der Waals surface area contributed by atoms with Crippen LogP contribution in [0.5, 0.6) is 0 Å². The van der Waals surface area contributed by atoms with E-state index in [1.54, 1.807) is 0 Å². The van der Waals surface area contributed by atoms with Crippen molar-refractivity contribution in [2.24, 2.45) is 5.41 Å². The zero-order valence-electron chi connectivity index (χ0n) is 11.9. The third-order valence-corrected chi connectivity index (χ3v) is 2.98. The van der Waals surface area contributed by atoms with Crippen molar-refractivity contribution in [3.63, 3.8) is 0 Å². The van der Waals surface area contributed by atoms with E-state index in [1.165, 1.54) is 0 Å². The van der Waals surface area contributed by atoms with Gasteiger partial charge in [0.1, 0.15) is 0 Å². The number of thiocarbonyl (C=S) groups is 1. The Balaban J connectivity index is 5.26. The van der Waals surface area contributed by atoms with Crippen LogP contribution in [0.15, 0.2) is 0 Å². The Hall–Kier alpha value is -0.110. The zero-order chi connectivity index (χ0) is 12.7. The molecule has 0 amide bonds. The van der Waals surface area contributed by atoms with E-state index >= 15 is 0 Å². The molecule has 15 heavy (non-hydrogen) atoms. The predicted octanol–water partition coefficient (Wildman–Crippen LogP) is 4.26. The molecule has 0 saturated heterocycles. The number of rotatable bonds is 0. The Morgan fingerprint density at radius 1 is 0.733 bits per heavy atom.